The second-order valence-electron chi connectivity index (χ2n) is 5.67. The Morgan fingerprint density at radius 2 is 2.00 bits per heavy atom. The molecule has 0 spiro atoms. The Morgan fingerprint density at radius 1 is 1.35 bits per heavy atom. The van der Waals surface area contributed by atoms with Crippen LogP contribution in [0.15, 0.2) is 18.2 Å². The van der Waals surface area contributed by atoms with Crippen molar-refractivity contribution >= 4 is 11.6 Å². The average molecular weight is 273 g/mol. The van der Waals surface area contributed by atoms with Crippen LogP contribution in [-0.4, -0.2) is 18.0 Å². The molecule has 0 heterocycles. The first-order valence-corrected chi connectivity index (χ1v) is 6.82. The second kappa shape index (κ2) is 6.42. The van der Waals surface area contributed by atoms with Gasteiger partial charge in [0, 0.05) is 5.69 Å². The Hall–Kier alpha value is -2.02. The summed E-state index contributed by atoms with van der Waals surface area (Å²) < 4.78 is 0. The van der Waals surface area contributed by atoms with Gasteiger partial charge in [0.1, 0.15) is 5.54 Å². The van der Waals surface area contributed by atoms with Crippen molar-refractivity contribution in [1.82, 2.24) is 5.32 Å². The van der Waals surface area contributed by atoms with Gasteiger partial charge in [-0.25, -0.2) is 0 Å². The van der Waals surface area contributed by atoms with E-state index in [1.807, 2.05) is 45.9 Å². The lowest BCUT2D eigenvalue weighted by atomic mass is 9.90. The topological polar surface area (TPSA) is 64.9 Å². The summed E-state index contributed by atoms with van der Waals surface area (Å²) in [6.07, 6.45) is 0. The number of carbonyl (C=O) groups is 1. The van der Waals surface area contributed by atoms with Crippen molar-refractivity contribution in [3.8, 4) is 6.07 Å². The molecule has 2 N–H and O–H groups in total. The van der Waals surface area contributed by atoms with Gasteiger partial charge in [-0.1, -0.05) is 19.9 Å². The van der Waals surface area contributed by atoms with E-state index >= 15 is 0 Å². The number of carbonyl (C=O) groups excluding carboxylic acids is 1. The van der Waals surface area contributed by atoms with Crippen molar-refractivity contribution in [2.45, 2.75) is 40.2 Å². The zero-order chi connectivity index (χ0) is 15.3. The third-order valence-corrected chi connectivity index (χ3v) is 3.75. The summed E-state index contributed by atoms with van der Waals surface area (Å²) in [5.41, 5.74) is 2.48. The monoisotopic (exact) mass is 273 g/mol. The largest absolute Gasteiger partial charge is 0.376 e. The van der Waals surface area contributed by atoms with E-state index in [0.717, 1.165) is 5.69 Å². The zero-order valence-corrected chi connectivity index (χ0v) is 12.9. The fraction of sp³-hybridized carbons (Fsp3) is 0.500. The minimum atomic E-state index is -0.831. The maximum absolute atomic E-state index is 11.9. The van der Waals surface area contributed by atoms with Crippen molar-refractivity contribution in [2.75, 3.05) is 11.9 Å². The highest BCUT2D eigenvalue weighted by Crippen LogP contribution is 2.16. The maximum Gasteiger partial charge on any atom is 0.240 e. The molecule has 0 fully saturated rings. The molecule has 0 aromatic heterocycles. The number of amides is 1. The summed E-state index contributed by atoms with van der Waals surface area (Å²) >= 11 is 0. The molecule has 4 nitrogen and oxygen atoms in total. The van der Waals surface area contributed by atoms with Gasteiger partial charge >= 0.3 is 0 Å². The number of nitrogens with zero attached hydrogens (tertiary/aromatic N) is 1. The van der Waals surface area contributed by atoms with Crippen LogP contribution in [0.5, 0.6) is 0 Å². The van der Waals surface area contributed by atoms with Crippen LogP contribution in [0.4, 0.5) is 5.69 Å². The van der Waals surface area contributed by atoms with E-state index in [2.05, 4.69) is 16.7 Å². The van der Waals surface area contributed by atoms with Gasteiger partial charge in [-0.15, -0.1) is 0 Å². The quantitative estimate of drug-likeness (QED) is 0.867. The predicted molar refractivity (Wildman–Crippen MR) is 81.4 cm³/mol. The molecule has 1 rings (SSSR count). The third-order valence-electron chi connectivity index (χ3n) is 3.75. The molecule has 1 aromatic rings. The molecule has 4 heteroatoms. The van der Waals surface area contributed by atoms with Gasteiger partial charge in [0.2, 0.25) is 5.91 Å². The second-order valence-corrected chi connectivity index (χ2v) is 5.67. The molecule has 1 amide bonds. The lowest BCUT2D eigenvalue weighted by Gasteiger charge is -2.27. The van der Waals surface area contributed by atoms with E-state index in [1.54, 1.807) is 6.92 Å². The molecule has 0 bridgehead atoms. The van der Waals surface area contributed by atoms with Crippen molar-refractivity contribution in [2.24, 2.45) is 5.92 Å². The van der Waals surface area contributed by atoms with Gasteiger partial charge in [0.05, 0.1) is 12.6 Å². The van der Waals surface area contributed by atoms with Crippen molar-refractivity contribution in [1.29, 1.82) is 5.26 Å². The van der Waals surface area contributed by atoms with Crippen LogP contribution in [0.1, 0.15) is 31.9 Å². The van der Waals surface area contributed by atoms with Gasteiger partial charge < -0.3 is 10.6 Å². The molecule has 108 valence electrons. The Kier molecular flexibility index (Phi) is 5.15. The lowest BCUT2D eigenvalue weighted by Crippen LogP contribution is -2.50. The Balaban J connectivity index is 2.60. The third kappa shape index (κ3) is 3.99. The summed E-state index contributed by atoms with van der Waals surface area (Å²) in [5.74, 6) is -0.126. The Morgan fingerprint density at radius 3 is 2.50 bits per heavy atom. The van der Waals surface area contributed by atoms with Crippen LogP contribution in [0.25, 0.3) is 0 Å². The number of rotatable bonds is 5. The van der Waals surface area contributed by atoms with Gasteiger partial charge in [0.15, 0.2) is 0 Å². The van der Waals surface area contributed by atoms with E-state index in [1.165, 1.54) is 11.1 Å². The standard InChI is InChI=1S/C16H23N3O/c1-11(2)16(5,10-17)19-15(20)9-18-14-7-6-12(3)13(4)8-14/h6-8,11,18H,9H2,1-5H3,(H,19,20)/t16-/m1/s1. The molecular formula is C16H23N3O. The fourth-order valence-electron chi connectivity index (χ4n) is 1.67. The highest BCUT2D eigenvalue weighted by molar-refractivity contribution is 5.81. The van der Waals surface area contributed by atoms with Crippen LogP contribution < -0.4 is 10.6 Å². The van der Waals surface area contributed by atoms with E-state index in [4.69, 9.17) is 0 Å². The molecule has 0 saturated heterocycles. The molecule has 0 saturated carbocycles. The van der Waals surface area contributed by atoms with Crippen LogP contribution >= 0.6 is 0 Å². The molecule has 0 radical (unpaired) electrons. The van der Waals surface area contributed by atoms with Crippen molar-refractivity contribution in [3.63, 3.8) is 0 Å². The number of anilines is 1. The van der Waals surface area contributed by atoms with Crippen LogP contribution in [0, 0.1) is 31.1 Å². The van der Waals surface area contributed by atoms with E-state index in [0.29, 0.717) is 0 Å². The van der Waals surface area contributed by atoms with Crippen LogP contribution in [-0.2, 0) is 4.79 Å². The molecule has 1 atom stereocenters. The summed E-state index contributed by atoms with van der Waals surface area (Å²) in [4.78, 5) is 11.9. The molecule has 1 aromatic carbocycles. The fourth-order valence-corrected chi connectivity index (χ4v) is 1.67. The van der Waals surface area contributed by atoms with Crippen molar-refractivity contribution < 1.29 is 4.79 Å². The summed E-state index contributed by atoms with van der Waals surface area (Å²) in [6, 6.07) is 8.14. The highest BCUT2D eigenvalue weighted by Gasteiger charge is 2.29. The van der Waals surface area contributed by atoms with Gasteiger partial charge in [-0.05, 0) is 49.9 Å². The number of hydrogen-bond donors (Lipinski definition) is 2. The number of nitrogens with one attached hydrogen (secondary N) is 2. The first-order chi connectivity index (χ1) is 9.28. The Bertz CT molecular complexity index is 531. The first kappa shape index (κ1) is 16.0. The first-order valence-electron chi connectivity index (χ1n) is 6.82. The van der Waals surface area contributed by atoms with Gasteiger partial charge in [0.25, 0.3) is 0 Å². The van der Waals surface area contributed by atoms with E-state index < -0.39 is 5.54 Å². The number of benzene rings is 1. The summed E-state index contributed by atoms with van der Waals surface area (Å²) in [6.45, 7) is 9.82. The van der Waals surface area contributed by atoms with Gasteiger partial charge in [-0.2, -0.15) is 5.26 Å². The van der Waals surface area contributed by atoms with Crippen molar-refractivity contribution in [3.05, 3.63) is 29.3 Å². The van der Waals surface area contributed by atoms with E-state index in [9.17, 15) is 10.1 Å². The minimum Gasteiger partial charge on any atom is -0.376 e. The minimum absolute atomic E-state index is 0.0538. The molecule has 0 aliphatic carbocycles. The number of nitriles is 1. The SMILES string of the molecule is Cc1ccc(NCC(=O)N[C@](C)(C#N)C(C)C)cc1C. The normalized spacial score (nSPS) is 13.4. The number of hydrogen-bond acceptors (Lipinski definition) is 3. The zero-order valence-electron chi connectivity index (χ0n) is 12.9. The lowest BCUT2D eigenvalue weighted by molar-refractivity contribution is -0.121. The maximum atomic E-state index is 11.9. The highest BCUT2D eigenvalue weighted by atomic mass is 16.2. The van der Waals surface area contributed by atoms with Crippen LogP contribution in [0.2, 0.25) is 0 Å². The van der Waals surface area contributed by atoms with Gasteiger partial charge in [-0.3, -0.25) is 4.79 Å². The van der Waals surface area contributed by atoms with E-state index in [-0.39, 0.29) is 18.4 Å². The molecule has 0 aliphatic rings. The average Bonchev–Trinajstić information content (AvgIpc) is 2.39. The Labute approximate surface area is 121 Å². The summed E-state index contributed by atoms with van der Waals surface area (Å²) in [7, 11) is 0. The molecule has 0 unspecified atom stereocenters. The number of aryl methyl sites for hydroxylation is 2. The molecule has 20 heavy (non-hydrogen) atoms. The predicted octanol–water partition coefficient (Wildman–Crippen LogP) is 2.77. The molecule has 0 aliphatic heterocycles. The smallest absolute Gasteiger partial charge is 0.240 e. The van der Waals surface area contributed by atoms with Crippen LogP contribution in [0.3, 0.4) is 0 Å². The summed E-state index contributed by atoms with van der Waals surface area (Å²) in [5, 5.41) is 15.0. The molecular weight excluding hydrogens is 250 g/mol.